The molecule has 0 amide bonds. The quantitative estimate of drug-likeness (QED) is 0.172. The van der Waals surface area contributed by atoms with E-state index in [-0.39, 0.29) is 21.4 Å². The number of phenolic OH excluding ortho intramolecular Hbond substituents is 1. The normalized spacial score (nSPS) is 10.3. The Hall–Kier alpha value is -2.17. The first-order valence-electron chi connectivity index (χ1n) is 10.3. The van der Waals surface area contributed by atoms with E-state index in [1.807, 2.05) is 13.8 Å². The van der Waals surface area contributed by atoms with Crippen LogP contribution in [-0.2, 0) is 0 Å². The first-order chi connectivity index (χ1) is 15.9. The molecule has 0 aliphatic heterocycles. The molecule has 0 aliphatic rings. The van der Waals surface area contributed by atoms with Crippen LogP contribution in [0, 0.1) is 40.4 Å². The molecule has 0 fully saturated rings. The minimum absolute atomic E-state index is 0.0638. The fraction of sp³-hybridized carbons (Fsp3) is 0.185. The predicted molar refractivity (Wildman–Crippen MR) is 147 cm³/mol. The van der Waals surface area contributed by atoms with Crippen LogP contribution >= 0.6 is 46.4 Å². The third-order valence-corrected chi connectivity index (χ3v) is 6.95. The number of hydrogen-bond acceptors (Lipinski definition) is 2. The van der Waals surface area contributed by atoms with Crippen LogP contribution in [-0.4, -0.2) is 5.11 Å². The van der Waals surface area contributed by atoms with Crippen molar-refractivity contribution >= 4 is 62.9 Å². The molecule has 0 aliphatic carbocycles. The van der Waals surface area contributed by atoms with Gasteiger partial charge in [0.25, 0.3) is 0 Å². The number of nitrogen functional groups attached to an aromatic ring is 1. The van der Waals surface area contributed by atoms with Crippen LogP contribution in [0.2, 0.25) is 20.1 Å². The second-order valence-corrected chi connectivity index (χ2v) is 9.49. The fourth-order valence-electron chi connectivity index (χ4n) is 3.10. The van der Waals surface area contributed by atoms with Crippen molar-refractivity contribution in [3.63, 3.8) is 0 Å². The van der Waals surface area contributed by atoms with Crippen molar-refractivity contribution in [1.82, 2.24) is 0 Å². The van der Waals surface area contributed by atoms with E-state index in [1.54, 1.807) is 6.07 Å². The average molecular weight is 541 g/mol. The molecule has 34 heavy (non-hydrogen) atoms. The minimum atomic E-state index is -0.631. The van der Waals surface area contributed by atoms with Gasteiger partial charge in [0.2, 0.25) is 0 Å². The largest absolute Gasteiger partial charge is 0.506 e. The standard InChI is InChI=1S/C12H12.C8H9Cl2N.C7H5Cl2FO/c1-9-7-8-11-5-3-4-6-12(11)10(9)2;1-4-5(2)8(11)7(10)3-6(4)9;1-3-6(10)4(8)2-5(9)7(3)11/h3-8H,1-2H3;3H,11H2,1-2H3;2,11H,1H3. The summed E-state index contributed by atoms with van der Waals surface area (Å²) in [5, 5.41) is 13.0. The predicted octanol–water partition coefficient (Wildman–Crippen LogP) is 9.80. The summed E-state index contributed by atoms with van der Waals surface area (Å²) in [5.74, 6) is -0.887. The summed E-state index contributed by atoms with van der Waals surface area (Å²) in [6.45, 7) is 9.56. The number of hydrogen-bond donors (Lipinski definition) is 2. The third kappa shape index (κ3) is 6.49. The zero-order valence-corrected chi connectivity index (χ0v) is 22.6. The highest BCUT2D eigenvalue weighted by Crippen LogP contribution is 2.33. The van der Waals surface area contributed by atoms with Crippen LogP contribution in [0.15, 0.2) is 48.5 Å². The molecule has 0 unspecified atom stereocenters. The molecule has 4 aromatic rings. The van der Waals surface area contributed by atoms with E-state index in [0.717, 1.165) is 11.1 Å². The number of phenols is 1. The molecule has 0 saturated heterocycles. The molecule has 4 rings (SSSR count). The highest BCUT2D eigenvalue weighted by Gasteiger charge is 2.11. The van der Waals surface area contributed by atoms with Gasteiger partial charge < -0.3 is 10.8 Å². The van der Waals surface area contributed by atoms with Crippen molar-refractivity contribution in [2.45, 2.75) is 34.6 Å². The van der Waals surface area contributed by atoms with E-state index in [9.17, 15) is 4.39 Å². The SMILES string of the molecule is Cc1c(Cl)cc(Cl)c(N)c1C.Cc1c(O)c(Cl)cc(Cl)c1F.Cc1ccc2ccccc2c1C. The van der Waals surface area contributed by atoms with E-state index < -0.39 is 5.82 Å². The Morgan fingerprint density at radius 3 is 1.91 bits per heavy atom. The van der Waals surface area contributed by atoms with Crippen molar-refractivity contribution in [2.24, 2.45) is 0 Å². The summed E-state index contributed by atoms with van der Waals surface area (Å²) >= 11 is 22.5. The molecule has 2 nitrogen and oxygen atoms in total. The topological polar surface area (TPSA) is 46.2 Å². The van der Waals surface area contributed by atoms with E-state index in [4.69, 9.17) is 57.2 Å². The van der Waals surface area contributed by atoms with Gasteiger partial charge in [-0.15, -0.1) is 0 Å². The maximum atomic E-state index is 12.8. The lowest BCUT2D eigenvalue weighted by Crippen LogP contribution is -1.93. The molecule has 0 atom stereocenters. The number of benzene rings is 4. The number of fused-ring (bicyclic) bond motifs is 1. The van der Waals surface area contributed by atoms with Crippen LogP contribution in [0.4, 0.5) is 10.1 Å². The maximum absolute atomic E-state index is 12.8. The lowest BCUT2D eigenvalue weighted by atomic mass is 10.0. The van der Waals surface area contributed by atoms with Crippen molar-refractivity contribution in [3.8, 4) is 5.75 Å². The van der Waals surface area contributed by atoms with Crippen LogP contribution < -0.4 is 5.73 Å². The molecule has 0 heterocycles. The average Bonchev–Trinajstić information content (AvgIpc) is 2.82. The first kappa shape index (κ1) is 28.1. The first-order valence-corrected chi connectivity index (χ1v) is 11.9. The number of nitrogens with two attached hydrogens (primary N) is 1. The van der Waals surface area contributed by atoms with Crippen molar-refractivity contribution < 1.29 is 9.50 Å². The van der Waals surface area contributed by atoms with Crippen LogP contribution in [0.5, 0.6) is 5.75 Å². The van der Waals surface area contributed by atoms with E-state index in [1.165, 1.54) is 34.9 Å². The second kappa shape index (κ2) is 12.0. The summed E-state index contributed by atoms with van der Waals surface area (Å²) in [5.41, 5.74) is 11.1. The Morgan fingerprint density at radius 1 is 0.676 bits per heavy atom. The summed E-state index contributed by atoms with van der Waals surface area (Å²) in [6, 6.07) is 15.7. The number of aryl methyl sites for hydroxylation is 2. The molecule has 0 bridgehead atoms. The lowest BCUT2D eigenvalue weighted by molar-refractivity contribution is 0.463. The van der Waals surface area contributed by atoms with Gasteiger partial charge >= 0.3 is 0 Å². The number of aromatic hydroxyl groups is 1. The molecule has 4 aromatic carbocycles. The molecule has 7 heteroatoms. The minimum Gasteiger partial charge on any atom is -0.506 e. The highest BCUT2D eigenvalue weighted by atomic mass is 35.5. The molecule has 0 spiro atoms. The van der Waals surface area contributed by atoms with Gasteiger partial charge in [-0.25, -0.2) is 4.39 Å². The van der Waals surface area contributed by atoms with Crippen molar-refractivity contribution in [1.29, 1.82) is 0 Å². The molecular formula is C27H26Cl4FNO. The second-order valence-electron chi connectivity index (χ2n) is 7.86. The Balaban J connectivity index is 0.000000181. The Labute approximate surface area is 220 Å². The fourth-order valence-corrected chi connectivity index (χ4v) is 4.21. The third-order valence-electron chi connectivity index (χ3n) is 5.68. The zero-order valence-electron chi connectivity index (χ0n) is 19.5. The Kier molecular flexibility index (Phi) is 9.90. The van der Waals surface area contributed by atoms with Gasteiger partial charge in [0.1, 0.15) is 11.6 Å². The number of halogens is 5. The van der Waals surface area contributed by atoms with Crippen LogP contribution in [0.3, 0.4) is 0 Å². The molecule has 0 radical (unpaired) electrons. The van der Waals surface area contributed by atoms with E-state index in [0.29, 0.717) is 15.7 Å². The van der Waals surface area contributed by atoms with Gasteiger partial charge in [0, 0.05) is 10.6 Å². The smallest absolute Gasteiger partial charge is 0.148 e. The summed E-state index contributed by atoms with van der Waals surface area (Å²) < 4.78 is 12.8. The summed E-state index contributed by atoms with van der Waals surface area (Å²) in [4.78, 5) is 0. The van der Waals surface area contributed by atoms with Gasteiger partial charge in [0.05, 0.1) is 20.8 Å². The van der Waals surface area contributed by atoms with Gasteiger partial charge in [-0.1, -0.05) is 82.8 Å². The Bertz CT molecular complexity index is 1220. The highest BCUT2D eigenvalue weighted by molar-refractivity contribution is 6.37. The maximum Gasteiger partial charge on any atom is 0.148 e. The number of anilines is 1. The van der Waals surface area contributed by atoms with Crippen LogP contribution in [0.1, 0.15) is 27.8 Å². The number of rotatable bonds is 0. The zero-order chi connectivity index (χ0) is 25.7. The van der Waals surface area contributed by atoms with Gasteiger partial charge in [-0.3, -0.25) is 0 Å². The summed E-state index contributed by atoms with van der Waals surface area (Å²) in [7, 11) is 0. The van der Waals surface area contributed by atoms with Gasteiger partial charge in [-0.2, -0.15) is 0 Å². The monoisotopic (exact) mass is 539 g/mol. The van der Waals surface area contributed by atoms with Gasteiger partial charge in [0.15, 0.2) is 0 Å². The van der Waals surface area contributed by atoms with E-state index in [2.05, 4.69) is 50.2 Å². The lowest BCUT2D eigenvalue weighted by Gasteiger charge is -2.07. The summed E-state index contributed by atoms with van der Waals surface area (Å²) in [6.07, 6.45) is 0. The van der Waals surface area contributed by atoms with Crippen molar-refractivity contribution in [3.05, 3.63) is 102 Å². The van der Waals surface area contributed by atoms with E-state index >= 15 is 0 Å². The molecule has 0 aromatic heterocycles. The molecule has 180 valence electrons. The van der Waals surface area contributed by atoms with Crippen LogP contribution in [0.25, 0.3) is 10.8 Å². The molecule has 0 saturated carbocycles. The van der Waals surface area contributed by atoms with Gasteiger partial charge in [-0.05, 0) is 79.8 Å². The molecule has 3 N–H and O–H groups in total. The van der Waals surface area contributed by atoms with Crippen molar-refractivity contribution in [2.75, 3.05) is 5.73 Å². The molecular weight excluding hydrogens is 515 g/mol. The Morgan fingerprint density at radius 2 is 1.26 bits per heavy atom.